The van der Waals surface area contributed by atoms with Gasteiger partial charge in [-0.15, -0.1) is 0 Å². The van der Waals surface area contributed by atoms with Gasteiger partial charge < -0.3 is 10.1 Å². The Kier molecular flexibility index (Phi) is 5.05. The zero-order valence-electron chi connectivity index (χ0n) is 12.4. The highest BCUT2D eigenvalue weighted by Crippen LogP contribution is 2.19. The number of ether oxygens (including phenoxy) is 1. The number of rotatable bonds is 4. The summed E-state index contributed by atoms with van der Waals surface area (Å²) in [6.45, 7) is 10.9. The van der Waals surface area contributed by atoms with Crippen molar-refractivity contribution in [2.24, 2.45) is 0 Å². The predicted octanol–water partition coefficient (Wildman–Crippen LogP) is 2.41. The molecule has 0 aromatic carbocycles. The lowest BCUT2D eigenvalue weighted by molar-refractivity contribution is -0.0952. The molecule has 0 aromatic heterocycles. The first kappa shape index (κ1) is 14.3. The smallest absolute Gasteiger partial charge is 0.0753 e. The molecular weight excluding hydrogens is 224 g/mol. The number of nitrogens with zero attached hydrogens (tertiary/aromatic N) is 1. The summed E-state index contributed by atoms with van der Waals surface area (Å²) in [5, 5.41) is 3.76. The Morgan fingerprint density at radius 1 is 1.28 bits per heavy atom. The average molecular weight is 254 g/mol. The highest BCUT2D eigenvalue weighted by Gasteiger charge is 2.29. The van der Waals surface area contributed by atoms with Crippen LogP contribution in [0.15, 0.2) is 0 Å². The first-order chi connectivity index (χ1) is 8.57. The monoisotopic (exact) mass is 254 g/mol. The van der Waals surface area contributed by atoms with Gasteiger partial charge in [0.15, 0.2) is 0 Å². The summed E-state index contributed by atoms with van der Waals surface area (Å²) in [6, 6.07) is 1.39. The van der Waals surface area contributed by atoms with Crippen LogP contribution in [0.4, 0.5) is 0 Å². The van der Waals surface area contributed by atoms with E-state index < -0.39 is 0 Å². The van der Waals surface area contributed by atoms with Crippen LogP contribution < -0.4 is 5.32 Å². The molecule has 2 rings (SSSR count). The Morgan fingerprint density at radius 3 is 2.67 bits per heavy atom. The second kappa shape index (κ2) is 6.36. The molecule has 0 radical (unpaired) electrons. The van der Waals surface area contributed by atoms with Crippen molar-refractivity contribution in [3.63, 3.8) is 0 Å². The molecule has 1 aliphatic heterocycles. The van der Waals surface area contributed by atoms with Crippen molar-refractivity contribution in [3.05, 3.63) is 0 Å². The number of nitrogens with one attached hydrogen (secondary N) is 1. The Bertz CT molecular complexity index is 249. The van der Waals surface area contributed by atoms with E-state index in [9.17, 15) is 0 Å². The van der Waals surface area contributed by atoms with Crippen molar-refractivity contribution in [3.8, 4) is 0 Å². The Hall–Kier alpha value is -0.120. The quantitative estimate of drug-likeness (QED) is 0.834. The highest BCUT2D eigenvalue weighted by molar-refractivity contribution is 4.84. The fourth-order valence-electron chi connectivity index (χ4n) is 3.20. The maximum Gasteiger partial charge on any atom is 0.0753 e. The Labute approximate surface area is 112 Å². The van der Waals surface area contributed by atoms with Crippen molar-refractivity contribution >= 4 is 0 Å². The van der Waals surface area contributed by atoms with Gasteiger partial charge in [0.25, 0.3) is 0 Å². The topological polar surface area (TPSA) is 24.5 Å². The molecule has 2 aliphatic rings. The normalized spacial score (nSPS) is 28.2. The molecule has 1 saturated heterocycles. The molecule has 0 spiro atoms. The van der Waals surface area contributed by atoms with E-state index in [1.165, 1.54) is 32.1 Å². The van der Waals surface area contributed by atoms with Crippen LogP contribution in [0.5, 0.6) is 0 Å². The van der Waals surface area contributed by atoms with Gasteiger partial charge in [0.05, 0.1) is 12.2 Å². The van der Waals surface area contributed by atoms with Gasteiger partial charge in [-0.25, -0.2) is 0 Å². The third kappa shape index (κ3) is 4.22. The van der Waals surface area contributed by atoms with Gasteiger partial charge in [-0.1, -0.05) is 19.3 Å². The SMILES string of the molecule is CC(CNC1CCCCC1)N1CCOC(C)(C)C1. The molecule has 1 atom stereocenters. The predicted molar refractivity (Wildman–Crippen MR) is 75.9 cm³/mol. The molecule has 0 amide bonds. The molecule has 3 nitrogen and oxygen atoms in total. The van der Waals surface area contributed by atoms with E-state index in [2.05, 4.69) is 31.0 Å². The summed E-state index contributed by atoms with van der Waals surface area (Å²) in [5.74, 6) is 0. The van der Waals surface area contributed by atoms with Crippen molar-refractivity contribution in [2.75, 3.05) is 26.2 Å². The fraction of sp³-hybridized carbons (Fsp3) is 1.00. The molecule has 0 aromatic rings. The standard InChI is InChI=1S/C15H30N2O/c1-13(11-16-14-7-5-4-6-8-14)17-9-10-18-15(2,3)12-17/h13-14,16H,4-12H2,1-3H3. The molecular formula is C15H30N2O. The fourth-order valence-corrected chi connectivity index (χ4v) is 3.20. The molecule has 1 N–H and O–H groups in total. The van der Waals surface area contributed by atoms with E-state index in [0.717, 1.165) is 32.3 Å². The number of hydrogen-bond donors (Lipinski definition) is 1. The minimum atomic E-state index is 0.0251. The van der Waals surface area contributed by atoms with Crippen molar-refractivity contribution in [2.45, 2.75) is 70.6 Å². The summed E-state index contributed by atoms with van der Waals surface area (Å²) in [6.07, 6.45) is 7.02. The Balaban J connectivity index is 1.71. The van der Waals surface area contributed by atoms with Crippen LogP contribution in [0.1, 0.15) is 52.9 Å². The van der Waals surface area contributed by atoms with E-state index in [0.29, 0.717) is 6.04 Å². The highest BCUT2D eigenvalue weighted by atomic mass is 16.5. The van der Waals surface area contributed by atoms with Crippen LogP contribution in [0, 0.1) is 0 Å². The third-order valence-corrected chi connectivity index (χ3v) is 4.39. The first-order valence-corrected chi connectivity index (χ1v) is 7.68. The lowest BCUT2D eigenvalue weighted by Crippen LogP contribution is -2.54. The molecule has 18 heavy (non-hydrogen) atoms. The van der Waals surface area contributed by atoms with Crippen LogP contribution in [-0.4, -0.2) is 48.8 Å². The number of hydrogen-bond acceptors (Lipinski definition) is 3. The van der Waals surface area contributed by atoms with Crippen molar-refractivity contribution in [1.29, 1.82) is 0 Å². The summed E-state index contributed by atoms with van der Waals surface area (Å²) in [7, 11) is 0. The summed E-state index contributed by atoms with van der Waals surface area (Å²) in [4.78, 5) is 2.57. The molecule has 3 heteroatoms. The third-order valence-electron chi connectivity index (χ3n) is 4.39. The van der Waals surface area contributed by atoms with Crippen LogP contribution in [0.3, 0.4) is 0 Å². The van der Waals surface area contributed by atoms with Gasteiger partial charge >= 0.3 is 0 Å². The lowest BCUT2D eigenvalue weighted by Gasteiger charge is -2.41. The average Bonchev–Trinajstić information content (AvgIpc) is 2.36. The van der Waals surface area contributed by atoms with Gasteiger partial charge in [-0.3, -0.25) is 4.90 Å². The second-order valence-corrected chi connectivity index (χ2v) is 6.67. The minimum absolute atomic E-state index is 0.0251. The Morgan fingerprint density at radius 2 is 2.00 bits per heavy atom. The van der Waals surface area contributed by atoms with E-state index in [-0.39, 0.29) is 5.60 Å². The van der Waals surface area contributed by atoms with E-state index in [1.807, 2.05) is 0 Å². The summed E-state index contributed by atoms with van der Waals surface area (Å²) < 4.78 is 5.78. The van der Waals surface area contributed by atoms with Gasteiger partial charge in [-0.05, 0) is 33.6 Å². The summed E-state index contributed by atoms with van der Waals surface area (Å²) >= 11 is 0. The van der Waals surface area contributed by atoms with Gasteiger partial charge in [0.2, 0.25) is 0 Å². The van der Waals surface area contributed by atoms with Crippen LogP contribution in [-0.2, 0) is 4.74 Å². The zero-order valence-corrected chi connectivity index (χ0v) is 12.4. The van der Waals surface area contributed by atoms with Crippen molar-refractivity contribution < 1.29 is 4.74 Å². The van der Waals surface area contributed by atoms with E-state index in [1.54, 1.807) is 0 Å². The van der Waals surface area contributed by atoms with Crippen LogP contribution >= 0.6 is 0 Å². The first-order valence-electron chi connectivity index (χ1n) is 7.68. The maximum atomic E-state index is 5.78. The van der Waals surface area contributed by atoms with E-state index >= 15 is 0 Å². The lowest BCUT2D eigenvalue weighted by atomic mass is 9.95. The minimum Gasteiger partial charge on any atom is -0.373 e. The van der Waals surface area contributed by atoms with Crippen LogP contribution in [0.25, 0.3) is 0 Å². The molecule has 2 fully saturated rings. The van der Waals surface area contributed by atoms with Gasteiger partial charge in [0.1, 0.15) is 0 Å². The largest absolute Gasteiger partial charge is 0.373 e. The molecule has 106 valence electrons. The van der Waals surface area contributed by atoms with Crippen LogP contribution in [0.2, 0.25) is 0 Å². The molecule has 0 bridgehead atoms. The van der Waals surface area contributed by atoms with Gasteiger partial charge in [0, 0.05) is 31.7 Å². The molecule has 1 unspecified atom stereocenters. The number of morpholine rings is 1. The summed E-state index contributed by atoms with van der Waals surface area (Å²) in [5.41, 5.74) is 0.0251. The molecule has 1 heterocycles. The zero-order chi connectivity index (χ0) is 13.0. The molecule has 1 aliphatic carbocycles. The van der Waals surface area contributed by atoms with E-state index in [4.69, 9.17) is 4.74 Å². The molecule has 1 saturated carbocycles. The van der Waals surface area contributed by atoms with Gasteiger partial charge in [-0.2, -0.15) is 0 Å². The maximum absolute atomic E-state index is 5.78. The second-order valence-electron chi connectivity index (χ2n) is 6.67. The van der Waals surface area contributed by atoms with Crippen molar-refractivity contribution in [1.82, 2.24) is 10.2 Å².